The van der Waals surface area contributed by atoms with Crippen LogP contribution in [0.5, 0.6) is 0 Å². The first kappa shape index (κ1) is 12.8. The van der Waals surface area contributed by atoms with Crippen molar-refractivity contribution in [2.75, 3.05) is 18.0 Å². The minimum Gasteiger partial charge on any atom is -0.459 e. The number of carbonyl (C=O) groups excluding carboxylic acids is 1. The van der Waals surface area contributed by atoms with Crippen molar-refractivity contribution in [2.24, 2.45) is 0 Å². The predicted molar refractivity (Wildman–Crippen MR) is 77.9 cm³/mol. The summed E-state index contributed by atoms with van der Waals surface area (Å²) in [5, 5.41) is 2.95. The first-order chi connectivity index (χ1) is 9.84. The molecule has 0 unspecified atom stereocenters. The highest BCUT2D eigenvalue weighted by molar-refractivity contribution is 5.91. The quantitative estimate of drug-likeness (QED) is 0.929. The summed E-state index contributed by atoms with van der Waals surface area (Å²) in [7, 11) is 0. The molecule has 1 aliphatic rings. The fraction of sp³-hybridized carbons (Fsp3) is 0.312. The summed E-state index contributed by atoms with van der Waals surface area (Å²) in [6.45, 7) is 1.69. The lowest BCUT2D eigenvalue weighted by molar-refractivity contribution is 0.0923. The molecule has 0 saturated carbocycles. The Morgan fingerprint density at radius 1 is 1.25 bits per heavy atom. The Morgan fingerprint density at radius 2 is 2.10 bits per heavy atom. The number of carbonyl (C=O) groups is 1. The summed E-state index contributed by atoms with van der Waals surface area (Å²) >= 11 is 0. The van der Waals surface area contributed by atoms with Gasteiger partial charge in [0, 0.05) is 24.8 Å². The van der Waals surface area contributed by atoms with E-state index in [2.05, 4.69) is 22.3 Å². The van der Waals surface area contributed by atoms with Crippen molar-refractivity contribution in [3.05, 3.63) is 54.5 Å². The minimum absolute atomic E-state index is 0.144. The molecule has 1 atom stereocenters. The lowest BCUT2D eigenvalue weighted by Crippen LogP contribution is -2.40. The summed E-state index contributed by atoms with van der Waals surface area (Å²) in [5.41, 5.74) is 1.22. The Morgan fingerprint density at radius 3 is 2.85 bits per heavy atom. The van der Waals surface area contributed by atoms with Crippen LogP contribution in [0.4, 0.5) is 5.69 Å². The van der Waals surface area contributed by atoms with Gasteiger partial charge in [-0.1, -0.05) is 18.2 Å². The maximum atomic E-state index is 11.9. The molecule has 3 rings (SSSR count). The van der Waals surface area contributed by atoms with Crippen LogP contribution in [-0.4, -0.2) is 25.0 Å². The largest absolute Gasteiger partial charge is 0.459 e. The third-order valence-electron chi connectivity index (χ3n) is 3.71. The molecule has 104 valence electrons. The van der Waals surface area contributed by atoms with Gasteiger partial charge in [-0.15, -0.1) is 0 Å². The van der Waals surface area contributed by atoms with Gasteiger partial charge in [0.25, 0.3) is 5.91 Å². The molecule has 4 heteroatoms. The molecule has 2 aromatic rings. The van der Waals surface area contributed by atoms with Gasteiger partial charge in [0.1, 0.15) is 0 Å². The minimum atomic E-state index is -0.144. The number of anilines is 1. The van der Waals surface area contributed by atoms with Crippen LogP contribution in [-0.2, 0) is 0 Å². The molecule has 1 aromatic heterocycles. The van der Waals surface area contributed by atoms with E-state index in [0.29, 0.717) is 18.3 Å². The van der Waals surface area contributed by atoms with Gasteiger partial charge in [-0.2, -0.15) is 0 Å². The second-order valence-electron chi connectivity index (χ2n) is 5.01. The smallest absolute Gasteiger partial charge is 0.287 e. The number of furan rings is 1. The van der Waals surface area contributed by atoms with Gasteiger partial charge in [-0.05, 0) is 37.1 Å². The molecule has 0 spiro atoms. The average molecular weight is 270 g/mol. The lowest BCUT2D eigenvalue weighted by Gasteiger charge is -2.26. The average Bonchev–Trinajstić information content (AvgIpc) is 3.17. The van der Waals surface area contributed by atoms with E-state index in [4.69, 9.17) is 4.42 Å². The molecule has 1 aliphatic heterocycles. The third kappa shape index (κ3) is 2.69. The molecule has 1 N–H and O–H groups in total. The van der Waals surface area contributed by atoms with Gasteiger partial charge in [-0.25, -0.2) is 0 Å². The fourth-order valence-corrected chi connectivity index (χ4v) is 2.71. The highest BCUT2D eigenvalue weighted by Crippen LogP contribution is 2.24. The number of para-hydroxylation sites is 1. The molecule has 0 bridgehead atoms. The normalized spacial score (nSPS) is 18.2. The number of hydrogen-bond donors (Lipinski definition) is 1. The zero-order valence-corrected chi connectivity index (χ0v) is 11.3. The summed E-state index contributed by atoms with van der Waals surface area (Å²) < 4.78 is 5.10. The molecular formula is C16H18N2O2. The van der Waals surface area contributed by atoms with Crippen molar-refractivity contribution in [3.8, 4) is 0 Å². The van der Waals surface area contributed by atoms with Crippen molar-refractivity contribution in [1.82, 2.24) is 5.32 Å². The molecule has 1 aromatic carbocycles. The van der Waals surface area contributed by atoms with Crippen LogP contribution in [0.3, 0.4) is 0 Å². The Hall–Kier alpha value is -2.23. The van der Waals surface area contributed by atoms with E-state index in [1.165, 1.54) is 12.0 Å². The van der Waals surface area contributed by atoms with Crippen LogP contribution >= 0.6 is 0 Å². The number of nitrogens with one attached hydrogen (secondary N) is 1. The van der Waals surface area contributed by atoms with Gasteiger partial charge < -0.3 is 14.6 Å². The molecule has 1 fully saturated rings. The number of nitrogens with zero attached hydrogens (tertiary/aromatic N) is 1. The predicted octanol–water partition coefficient (Wildman–Crippen LogP) is 2.68. The second kappa shape index (κ2) is 5.82. The van der Waals surface area contributed by atoms with Crippen molar-refractivity contribution < 1.29 is 9.21 Å². The molecular weight excluding hydrogens is 252 g/mol. The molecule has 4 nitrogen and oxygen atoms in total. The SMILES string of the molecule is O=C(NC[C@H]1CCCN1c1ccccc1)c1ccco1. The molecule has 1 saturated heterocycles. The standard InChI is InChI=1S/C16H18N2O2/c19-16(15-9-5-11-20-15)17-12-14-8-4-10-18(14)13-6-2-1-3-7-13/h1-3,5-7,9,11,14H,4,8,10,12H2,(H,17,19)/t14-/m1/s1. The van der Waals surface area contributed by atoms with Crippen LogP contribution in [0.2, 0.25) is 0 Å². The maximum Gasteiger partial charge on any atom is 0.287 e. The van der Waals surface area contributed by atoms with Gasteiger partial charge >= 0.3 is 0 Å². The Balaban J connectivity index is 1.61. The molecule has 20 heavy (non-hydrogen) atoms. The zero-order valence-electron chi connectivity index (χ0n) is 11.3. The first-order valence-corrected chi connectivity index (χ1v) is 6.98. The molecule has 1 amide bonds. The summed E-state index contributed by atoms with van der Waals surface area (Å²) in [6, 6.07) is 14.1. The van der Waals surface area contributed by atoms with E-state index >= 15 is 0 Å². The van der Waals surface area contributed by atoms with Crippen LogP contribution in [0, 0.1) is 0 Å². The van der Waals surface area contributed by atoms with E-state index in [9.17, 15) is 4.79 Å². The summed E-state index contributed by atoms with van der Waals surface area (Å²) in [4.78, 5) is 14.2. The lowest BCUT2D eigenvalue weighted by atomic mass is 10.2. The van der Waals surface area contributed by atoms with Gasteiger partial charge in [-0.3, -0.25) is 4.79 Å². The van der Waals surface area contributed by atoms with E-state index in [1.54, 1.807) is 12.1 Å². The third-order valence-corrected chi connectivity index (χ3v) is 3.71. The van der Waals surface area contributed by atoms with Gasteiger partial charge in [0.15, 0.2) is 5.76 Å². The van der Waals surface area contributed by atoms with E-state index in [-0.39, 0.29) is 5.91 Å². The summed E-state index contributed by atoms with van der Waals surface area (Å²) in [5.74, 6) is 0.226. The molecule has 2 heterocycles. The van der Waals surface area contributed by atoms with Crippen LogP contribution in [0.25, 0.3) is 0 Å². The van der Waals surface area contributed by atoms with Crippen molar-refractivity contribution in [1.29, 1.82) is 0 Å². The number of hydrogen-bond acceptors (Lipinski definition) is 3. The Labute approximate surface area is 118 Å². The fourth-order valence-electron chi connectivity index (χ4n) is 2.71. The maximum absolute atomic E-state index is 11.9. The van der Waals surface area contributed by atoms with E-state index in [0.717, 1.165) is 19.4 Å². The Kier molecular flexibility index (Phi) is 3.72. The second-order valence-corrected chi connectivity index (χ2v) is 5.01. The highest BCUT2D eigenvalue weighted by Gasteiger charge is 2.25. The van der Waals surface area contributed by atoms with Crippen molar-refractivity contribution >= 4 is 11.6 Å². The Bertz CT molecular complexity index is 551. The van der Waals surface area contributed by atoms with Gasteiger partial charge in [0.05, 0.1) is 6.26 Å². The van der Waals surface area contributed by atoms with Crippen molar-refractivity contribution in [2.45, 2.75) is 18.9 Å². The topological polar surface area (TPSA) is 45.5 Å². The number of benzene rings is 1. The zero-order chi connectivity index (χ0) is 13.8. The number of rotatable bonds is 4. The molecule has 0 radical (unpaired) electrons. The number of amides is 1. The van der Waals surface area contributed by atoms with E-state index in [1.807, 2.05) is 18.2 Å². The van der Waals surface area contributed by atoms with Crippen LogP contribution in [0.1, 0.15) is 23.4 Å². The molecule has 0 aliphatic carbocycles. The first-order valence-electron chi connectivity index (χ1n) is 6.98. The summed E-state index contributed by atoms with van der Waals surface area (Å²) in [6.07, 6.45) is 3.78. The highest BCUT2D eigenvalue weighted by atomic mass is 16.3. The monoisotopic (exact) mass is 270 g/mol. The van der Waals surface area contributed by atoms with Crippen LogP contribution < -0.4 is 10.2 Å². The van der Waals surface area contributed by atoms with Gasteiger partial charge in [0.2, 0.25) is 0 Å². The van der Waals surface area contributed by atoms with E-state index < -0.39 is 0 Å². The van der Waals surface area contributed by atoms with Crippen molar-refractivity contribution in [3.63, 3.8) is 0 Å². The van der Waals surface area contributed by atoms with Crippen LogP contribution in [0.15, 0.2) is 53.1 Å².